The number of amides is 1. The Morgan fingerprint density at radius 2 is 1.87 bits per heavy atom. The zero-order valence-corrected chi connectivity index (χ0v) is 17.7. The summed E-state index contributed by atoms with van der Waals surface area (Å²) in [6, 6.07) is 11.9. The quantitative estimate of drug-likeness (QED) is 0.561. The predicted molar refractivity (Wildman–Crippen MR) is 115 cm³/mol. The van der Waals surface area contributed by atoms with Crippen LogP contribution in [0.1, 0.15) is 38.4 Å². The van der Waals surface area contributed by atoms with E-state index in [0.717, 1.165) is 11.3 Å². The zero-order chi connectivity index (χ0) is 22.0. The van der Waals surface area contributed by atoms with Crippen LogP contribution in [0.2, 0.25) is 0 Å². The van der Waals surface area contributed by atoms with Gasteiger partial charge in [-0.1, -0.05) is 36.3 Å². The lowest BCUT2D eigenvalue weighted by Crippen LogP contribution is -2.44. The Kier molecular flexibility index (Phi) is 8.24. The number of hydrogen-bond donors (Lipinski definition) is 2. The second-order valence-electron chi connectivity index (χ2n) is 7.48. The van der Waals surface area contributed by atoms with Crippen molar-refractivity contribution >= 4 is 17.7 Å². The number of ether oxygens (including phenoxy) is 2. The van der Waals surface area contributed by atoms with Crippen molar-refractivity contribution in [2.24, 2.45) is 0 Å². The van der Waals surface area contributed by atoms with Gasteiger partial charge in [0.15, 0.2) is 0 Å². The Morgan fingerprint density at radius 3 is 2.47 bits per heavy atom. The molecule has 1 heterocycles. The number of carbonyl (C=O) groups excluding carboxylic acids is 2. The van der Waals surface area contributed by atoms with Crippen LogP contribution < -0.4 is 10.6 Å². The highest BCUT2D eigenvalue weighted by Gasteiger charge is 2.25. The van der Waals surface area contributed by atoms with Crippen LogP contribution in [0.4, 0.5) is 10.5 Å². The van der Waals surface area contributed by atoms with Crippen LogP contribution in [0.5, 0.6) is 0 Å². The SMILES string of the molecule is CNc1ccc(C#CCC(NC(=O)OC(C)(C)C)C(=O)OCc2ccccc2)nc1. The fourth-order valence-corrected chi connectivity index (χ4v) is 2.33. The monoisotopic (exact) mass is 409 g/mol. The first kappa shape index (κ1) is 22.8. The number of aromatic nitrogens is 1. The first-order valence-electron chi connectivity index (χ1n) is 9.59. The molecule has 1 aromatic heterocycles. The smallest absolute Gasteiger partial charge is 0.408 e. The maximum absolute atomic E-state index is 12.6. The summed E-state index contributed by atoms with van der Waals surface area (Å²) in [5.41, 5.74) is 1.59. The van der Waals surface area contributed by atoms with E-state index in [1.807, 2.05) is 36.4 Å². The number of esters is 1. The Morgan fingerprint density at radius 1 is 1.13 bits per heavy atom. The molecule has 0 bridgehead atoms. The molecule has 0 spiro atoms. The van der Waals surface area contributed by atoms with Gasteiger partial charge in [0.1, 0.15) is 23.9 Å². The Balaban J connectivity index is 2.04. The third-order valence-corrected chi connectivity index (χ3v) is 3.77. The van der Waals surface area contributed by atoms with Gasteiger partial charge in [0.2, 0.25) is 0 Å². The standard InChI is InChI=1S/C23H27N3O4/c1-23(2,3)30-22(28)26-20(21(27)29-16-17-9-6-5-7-10-17)12-8-11-18-13-14-19(24-4)15-25-18/h5-7,9-10,13-15,20,24H,12,16H2,1-4H3,(H,26,28). The number of alkyl carbamates (subject to hydrolysis) is 1. The lowest BCUT2D eigenvalue weighted by molar-refractivity contribution is -0.147. The molecule has 2 rings (SSSR count). The number of hydrogen-bond acceptors (Lipinski definition) is 6. The first-order chi connectivity index (χ1) is 14.3. The van der Waals surface area contributed by atoms with E-state index in [9.17, 15) is 9.59 Å². The Hall–Kier alpha value is -3.53. The number of carbonyl (C=O) groups is 2. The van der Waals surface area contributed by atoms with Crippen molar-refractivity contribution in [3.05, 3.63) is 59.9 Å². The third-order valence-electron chi connectivity index (χ3n) is 3.77. The number of anilines is 1. The minimum Gasteiger partial charge on any atom is -0.459 e. The maximum atomic E-state index is 12.6. The highest BCUT2D eigenvalue weighted by atomic mass is 16.6. The number of nitrogens with zero attached hydrogens (tertiary/aromatic N) is 1. The molecule has 0 radical (unpaired) electrons. The fourth-order valence-electron chi connectivity index (χ4n) is 2.33. The molecule has 7 heteroatoms. The number of pyridine rings is 1. The second-order valence-corrected chi connectivity index (χ2v) is 7.48. The van der Waals surface area contributed by atoms with Crippen LogP contribution in [0.15, 0.2) is 48.7 Å². The van der Waals surface area contributed by atoms with Gasteiger partial charge in [-0.2, -0.15) is 0 Å². The predicted octanol–water partition coefficient (Wildman–Crippen LogP) is 3.50. The molecule has 1 amide bonds. The largest absolute Gasteiger partial charge is 0.459 e. The molecule has 0 saturated heterocycles. The molecule has 30 heavy (non-hydrogen) atoms. The van der Waals surface area contributed by atoms with Crippen LogP contribution >= 0.6 is 0 Å². The normalized spacial score (nSPS) is 11.5. The van der Waals surface area contributed by atoms with Crippen LogP contribution in [-0.2, 0) is 20.9 Å². The average Bonchev–Trinajstić information content (AvgIpc) is 2.71. The lowest BCUT2D eigenvalue weighted by atomic mass is 10.2. The van der Waals surface area contributed by atoms with E-state index in [0.29, 0.717) is 5.69 Å². The van der Waals surface area contributed by atoms with Crippen molar-refractivity contribution in [3.63, 3.8) is 0 Å². The second kappa shape index (κ2) is 10.9. The van der Waals surface area contributed by atoms with E-state index in [2.05, 4.69) is 27.5 Å². The van der Waals surface area contributed by atoms with Crippen LogP contribution in [0.3, 0.4) is 0 Å². The van der Waals surface area contributed by atoms with Gasteiger partial charge < -0.3 is 20.1 Å². The van der Waals surface area contributed by atoms with Crippen molar-refractivity contribution in [1.29, 1.82) is 0 Å². The summed E-state index contributed by atoms with van der Waals surface area (Å²) < 4.78 is 10.6. The first-order valence-corrected chi connectivity index (χ1v) is 9.59. The minimum absolute atomic E-state index is 0.0579. The highest BCUT2D eigenvalue weighted by molar-refractivity contribution is 5.81. The number of rotatable bonds is 6. The number of nitrogens with one attached hydrogen (secondary N) is 2. The van der Waals surface area contributed by atoms with E-state index < -0.39 is 23.7 Å². The summed E-state index contributed by atoms with van der Waals surface area (Å²) in [6.45, 7) is 5.34. The van der Waals surface area contributed by atoms with Gasteiger partial charge in [-0.25, -0.2) is 14.6 Å². The minimum atomic E-state index is -0.965. The molecule has 0 aliphatic heterocycles. The molecule has 2 aromatic rings. The molecule has 2 N–H and O–H groups in total. The molecule has 0 fully saturated rings. The zero-order valence-electron chi connectivity index (χ0n) is 17.7. The van der Waals surface area contributed by atoms with E-state index in [4.69, 9.17) is 9.47 Å². The average molecular weight is 409 g/mol. The molecule has 1 aromatic carbocycles. The summed E-state index contributed by atoms with van der Waals surface area (Å²) in [5, 5.41) is 5.52. The van der Waals surface area contributed by atoms with Crippen LogP contribution in [-0.4, -0.2) is 35.7 Å². The Labute approximate surface area is 177 Å². The molecule has 0 saturated carbocycles. The van der Waals surface area contributed by atoms with Gasteiger partial charge in [-0.3, -0.25) is 0 Å². The molecule has 158 valence electrons. The molecule has 1 atom stereocenters. The number of benzene rings is 1. The summed E-state index contributed by atoms with van der Waals surface area (Å²) in [4.78, 5) is 28.9. The van der Waals surface area contributed by atoms with E-state index in [1.165, 1.54) is 0 Å². The van der Waals surface area contributed by atoms with Crippen molar-refractivity contribution in [2.75, 3.05) is 12.4 Å². The summed E-state index contributed by atoms with van der Waals surface area (Å²) in [6.07, 6.45) is 1.01. The van der Waals surface area contributed by atoms with E-state index >= 15 is 0 Å². The van der Waals surface area contributed by atoms with Crippen molar-refractivity contribution in [3.8, 4) is 11.8 Å². The van der Waals surface area contributed by atoms with Gasteiger partial charge in [0, 0.05) is 13.5 Å². The van der Waals surface area contributed by atoms with Gasteiger partial charge in [-0.05, 0) is 44.4 Å². The van der Waals surface area contributed by atoms with Crippen molar-refractivity contribution in [2.45, 2.75) is 45.4 Å². The fraction of sp³-hybridized carbons (Fsp3) is 0.348. The van der Waals surface area contributed by atoms with Crippen LogP contribution in [0, 0.1) is 11.8 Å². The van der Waals surface area contributed by atoms with Crippen LogP contribution in [0.25, 0.3) is 0 Å². The van der Waals surface area contributed by atoms with Gasteiger partial charge in [0.25, 0.3) is 0 Å². The molecular formula is C23H27N3O4. The molecule has 7 nitrogen and oxygen atoms in total. The molecule has 0 aliphatic rings. The van der Waals surface area contributed by atoms with E-state index in [-0.39, 0.29) is 13.0 Å². The maximum Gasteiger partial charge on any atom is 0.408 e. The molecule has 0 aliphatic carbocycles. The highest BCUT2D eigenvalue weighted by Crippen LogP contribution is 2.09. The van der Waals surface area contributed by atoms with Crippen molar-refractivity contribution in [1.82, 2.24) is 10.3 Å². The summed E-state index contributed by atoms with van der Waals surface area (Å²) in [5.74, 6) is 5.18. The van der Waals surface area contributed by atoms with Crippen molar-refractivity contribution < 1.29 is 19.1 Å². The van der Waals surface area contributed by atoms with E-state index in [1.54, 1.807) is 40.1 Å². The third kappa shape index (κ3) is 8.23. The van der Waals surface area contributed by atoms with Gasteiger partial charge >= 0.3 is 12.1 Å². The summed E-state index contributed by atoms with van der Waals surface area (Å²) in [7, 11) is 1.80. The lowest BCUT2D eigenvalue weighted by Gasteiger charge is -2.22. The topological polar surface area (TPSA) is 89.6 Å². The Bertz CT molecular complexity index is 894. The summed E-state index contributed by atoms with van der Waals surface area (Å²) >= 11 is 0. The molecule has 1 unspecified atom stereocenters. The molecular weight excluding hydrogens is 382 g/mol. The van der Waals surface area contributed by atoms with Gasteiger partial charge in [0.05, 0.1) is 11.9 Å². The van der Waals surface area contributed by atoms with Gasteiger partial charge in [-0.15, -0.1) is 0 Å².